The van der Waals surface area contributed by atoms with Crippen LogP contribution in [-0.4, -0.2) is 12.1 Å². The molecule has 0 amide bonds. The molecule has 0 heterocycles. The van der Waals surface area contributed by atoms with E-state index >= 15 is 0 Å². The van der Waals surface area contributed by atoms with E-state index in [0.717, 1.165) is 12.8 Å². The summed E-state index contributed by atoms with van der Waals surface area (Å²) < 4.78 is 5.26. The summed E-state index contributed by atoms with van der Waals surface area (Å²) in [6.07, 6.45) is 3.43. The lowest BCUT2D eigenvalue weighted by Gasteiger charge is -2.38. The Morgan fingerprint density at radius 1 is 1.38 bits per heavy atom. The molecule has 1 rings (SSSR count). The molecule has 1 saturated carbocycles. The van der Waals surface area contributed by atoms with Gasteiger partial charge in [-0.2, -0.15) is 0 Å². The van der Waals surface area contributed by atoms with E-state index in [2.05, 4.69) is 20.8 Å². The zero-order valence-corrected chi connectivity index (χ0v) is 9.09. The highest BCUT2D eigenvalue weighted by Gasteiger charge is 2.33. The third-order valence-corrected chi connectivity index (χ3v) is 2.68. The van der Waals surface area contributed by atoms with Crippen LogP contribution in [-0.2, 0) is 9.53 Å². The number of hydrogen-bond acceptors (Lipinski definition) is 2. The molecule has 2 nitrogen and oxygen atoms in total. The molecule has 2 heteroatoms. The number of carbonyl (C=O) groups excluding carboxylic acids is 1. The number of carbonyl (C=O) groups is 1. The van der Waals surface area contributed by atoms with Crippen LogP contribution in [0.15, 0.2) is 0 Å². The van der Waals surface area contributed by atoms with Gasteiger partial charge in [0.2, 0.25) is 0 Å². The summed E-state index contributed by atoms with van der Waals surface area (Å²) >= 11 is 0. The van der Waals surface area contributed by atoms with Gasteiger partial charge in [-0.1, -0.05) is 20.8 Å². The van der Waals surface area contributed by atoms with Gasteiger partial charge in [0, 0.05) is 6.92 Å². The molecule has 0 unspecified atom stereocenters. The van der Waals surface area contributed by atoms with E-state index in [9.17, 15) is 4.79 Å². The van der Waals surface area contributed by atoms with Crippen molar-refractivity contribution in [3.63, 3.8) is 0 Å². The lowest BCUT2D eigenvalue weighted by molar-refractivity contribution is -0.150. The zero-order valence-electron chi connectivity index (χ0n) is 9.09. The van der Waals surface area contributed by atoms with Crippen molar-refractivity contribution < 1.29 is 9.53 Å². The maximum absolute atomic E-state index is 10.8. The second-order valence-electron chi connectivity index (χ2n) is 5.14. The van der Waals surface area contributed by atoms with E-state index in [-0.39, 0.29) is 12.1 Å². The molecular weight excluding hydrogens is 164 g/mol. The monoisotopic (exact) mass is 184 g/mol. The first kappa shape index (κ1) is 10.6. The molecule has 0 N–H and O–H groups in total. The average Bonchev–Trinajstić information content (AvgIpc) is 1.78. The van der Waals surface area contributed by atoms with Crippen LogP contribution in [0.5, 0.6) is 0 Å². The predicted molar refractivity (Wildman–Crippen MR) is 52.4 cm³/mol. The third kappa shape index (κ3) is 3.37. The lowest BCUT2D eigenvalue weighted by Crippen LogP contribution is -2.33. The Morgan fingerprint density at radius 2 is 2.00 bits per heavy atom. The first-order valence-electron chi connectivity index (χ1n) is 5.06. The average molecular weight is 184 g/mol. The Balaban J connectivity index is 2.52. The Morgan fingerprint density at radius 3 is 2.46 bits per heavy atom. The highest BCUT2D eigenvalue weighted by molar-refractivity contribution is 5.66. The molecule has 1 aliphatic rings. The smallest absolute Gasteiger partial charge is 0.302 e. The van der Waals surface area contributed by atoms with Gasteiger partial charge in [0.15, 0.2) is 0 Å². The second kappa shape index (κ2) is 3.69. The van der Waals surface area contributed by atoms with Crippen LogP contribution in [0, 0.1) is 11.3 Å². The molecule has 0 aromatic heterocycles. The van der Waals surface area contributed by atoms with Crippen molar-refractivity contribution in [1.82, 2.24) is 0 Å². The molecule has 1 fully saturated rings. The van der Waals surface area contributed by atoms with Gasteiger partial charge in [0.05, 0.1) is 0 Å². The van der Waals surface area contributed by atoms with Gasteiger partial charge in [-0.05, 0) is 30.6 Å². The molecule has 1 aliphatic carbocycles. The molecule has 76 valence electrons. The van der Waals surface area contributed by atoms with Crippen LogP contribution in [0.1, 0.15) is 47.0 Å². The Labute approximate surface area is 80.7 Å². The fourth-order valence-electron chi connectivity index (χ4n) is 2.58. The molecule has 0 spiro atoms. The number of ether oxygens (including phenoxy) is 1. The zero-order chi connectivity index (χ0) is 10.1. The van der Waals surface area contributed by atoms with E-state index < -0.39 is 0 Å². The van der Waals surface area contributed by atoms with Gasteiger partial charge in [0.1, 0.15) is 6.10 Å². The van der Waals surface area contributed by atoms with Gasteiger partial charge in [0.25, 0.3) is 0 Å². The fourth-order valence-corrected chi connectivity index (χ4v) is 2.58. The minimum atomic E-state index is -0.144. The van der Waals surface area contributed by atoms with Crippen LogP contribution >= 0.6 is 0 Å². The van der Waals surface area contributed by atoms with Gasteiger partial charge >= 0.3 is 5.97 Å². The van der Waals surface area contributed by atoms with E-state index in [1.165, 1.54) is 13.3 Å². The van der Waals surface area contributed by atoms with Crippen LogP contribution in [0.3, 0.4) is 0 Å². The van der Waals surface area contributed by atoms with Crippen molar-refractivity contribution in [2.75, 3.05) is 0 Å². The molecule has 0 saturated heterocycles. The topological polar surface area (TPSA) is 26.3 Å². The molecule has 0 aromatic carbocycles. The van der Waals surface area contributed by atoms with Crippen LogP contribution in [0.2, 0.25) is 0 Å². The quantitative estimate of drug-likeness (QED) is 0.586. The Bertz CT molecular complexity index is 196. The maximum atomic E-state index is 10.8. The molecule has 0 aromatic rings. The number of rotatable bonds is 1. The first-order valence-corrected chi connectivity index (χ1v) is 5.06. The Kier molecular flexibility index (Phi) is 2.99. The fraction of sp³-hybridized carbons (Fsp3) is 0.909. The summed E-state index contributed by atoms with van der Waals surface area (Å²) in [5.74, 6) is 0.531. The summed E-state index contributed by atoms with van der Waals surface area (Å²) in [5, 5.41) is 0. The van der Waals surface area contributed by atoms with Crippen molar-refractivity contribution in [3.8, 4) is 0 Å². The van der Waals surface area contributed by atoms with Crippen molar-refractivity contribution >= 4 is 5.97 Å². The SMILES string of the molecule is CC(=O)O[C@@H]1C[C@@H](C)CC(C)(C)C1. The van der Waals surface area contributed by atoms with E-state index in [1.807, 2.05) is 0 Å². The maximum Gasteiger partial charge on any atom is 0.302 e. The van der Waals surface area contributed by atoms with Crippen molar-refractivity contribution in [2.45, 2.75) is 53.1 Å². The minimum absolute atomic E-state index is 0.144. The molecule has 13 heavy (non-hydrogen) atoms. The highest BCUT2D eigenvalue weighted by atomic mass is 16.5. The van der Waals surface area contributed by atoms with Crippen LogP contribution in [0.4, 0.5) is 0 Å². The summed E-state index contributed by atoms with van der Waals surface area (Å²) in [4.78, 5) is 10.8. The van der Waals surface area contributed by atoms with Gasteiger partial charge in [-0.3, -0.25) is 4.79 Å². The van der Waals surface area contributed by atoms with Gasteiger partial charge in [-0.25, -0.2) is 0 Å². The van der Waals surface area contributed by atoms with Gasteiger partial charge in [-0.15, -0.1) is 0 Å². The third-order valence-electron chi connectivity index (χ3n) is 2.68. The summed E-state index contributed by atoms with van der Waals surface area (Å²) in [6, 6.07) is 0. The molecule has 0 radical (unpaired) electrons. The Hall–Kier alpha value is -0.530. The summed E-state index contributed by atoms with van der Waals surface area (Å²) in [7, 11) is 0. The largest absolute Gasteiger partial charge is 0.463 e. The molecule has 0 aliphatic heterocycles. The van der Waals surface area contributed by atoms with E-state index in [1.54, 1.807) is 0 Å². The van der Waals surface area contributed by atoms with Crippen molar-refractivity contribution in [1.29, 1.82) is 0 Å². The van der Waals surface area contributed by atoms with Crippen LogP contribution < -0.4 is 0 Å². The standard InChI is InChI=1S/C11H20O2/c1-8-5-10(13-9(2)12)7-11(3,4)6-8/h8,10H,5-7H2,1-4H3/t8-,10-/m1/s1. The van der Waals surface area contributed by atoms with E-state index in [4.69, 9.17) is 4.74 Å². The minimum Gasteiger partial charge on any atom is -0.463 e. The predicted octanol–water partition coefficient (Wildman–Crippen LogP) is 2.76. The van der Waals surface area contributed by atoms with Gasteiger partial charge < -0.3 is 4.74 Å². The highest BCUT2D eigenvalue weighted by Crippen LogP contribution is 2.39. The lowest BCUT2D eigenvalue weighted by atomic mass is 9.71. The molecular formula is C11H20O2. The van der Waals surface area contributed by atoms with Crippen molar-refractivity contribution in [2.24, 2.45) is 11.3 Å². The number of hydrogen-bond donors (Lipinski definition) is 0. The van der Waals surface area contributed by atoms with Crippen molar-refractivity contribution in [3.05, 3.63) is 0 Å². The molecule has 0 bridgehead atoms. The number of esters is 1. The van der Waals surface area contributed by atoms with E-state index in [0.29, 0.717) is 11.3 Å². The normalized spacial score (nSPS) is 32.6. The summed E-state index contributed by atoms with van der Waals surface area (Å²) in [6.45, 7) is 8.22. The van der Waals surface area contributed by atoms with Crippen LogP contribution in [0.25, 0.3) is 0 Å². The summed E-state index contributed by atoms with van der Waals surface area (Å²) in [5.41, 5.74) is 0.331. The first-order chi connectivity index (χ1) is 5.89. The molecule has 2 atom stereocenters. The second-order valence-corrected chi connectivity index (χ2v) is 5.14.